The van der Waals surface area contributed by atoms with Crippen LogP contribution in [0.3, 0.4) is 0 Å². The van der Waals surface area contributed by atoms with Crippen LogP contribution in [0.5, 0.6) is 5.75 Å². The van der Waals surface area contributed by atoms with Gasteiger partial charge in [-0.25, -0.2) is 4.79 Å². The van der Waals surface area contributed by atoms with E-state index >= 15 is 0 Å². The summed E-state index contributed by atoms with van der Waals surface area (Å²) < 4.78 is 8.96. The molecule has 0 radical (unpaired) electrons. The van der Waals surface area contributed by atoms with Crippen LogP contribution in [0.1, 0.15) is 10.4 Å². The van der Waals surface area contributed by atoms with E-state index in [1.807, 2.05) is 0 Å². The Hall–Kier alpha value is -1.60. The van der Waals surface area contributed by atoms with Gasteiger partial charge in [-0.3, -0.25) is 4.98 Å². The lowest BCUT2D eigenvalue weighted by atomic mass is 10.2. The van der Waals surface area contributed by atoms with Crippen molar-refractivity contribution in [2.45, 2.75) is 0 Å². The van der Waals surface area contributed by atoms with Gasteiger partial charge < -0.3 is 19.4 Å². The Bertz CT molecular complexity index is 330. The number of esters is 1. The molecule has 1 heterocycles. The molecule has 0 spiro atoms. The normalized spacial score (nSPS) is 9.36. The van der Waals surface area contributed by atoms with E-state index in [-0.39, 0.29) is 11.3 Å². The Balaban J connectivity index is 2.97. The molecule has 1 aromatic rings. The summed E-state index contributed by atoms with van der Waals surface area (Å²) in [7, 11) is -0.787. The van der Waals surface area contributed by atoms with Crippen LogP contribution in [0.15, 0.2) is 18.5 Å². The van der Waals surface area contributed by atoms with Gasteiger partial charge in [-0.2, -0.15) is 0 Å². The van der Waals surface area contributed by atoms with Crippen LogP contribution < -0.4 is 4.65 Å². The highest BCUT2D eigenvalue weighted by molar-refractivity contribution is 6.34. The van der Waals surface area contributed by atoms with Gasteiger partial charge in [0.25, 0.3) is 0 Å². The Kier molecular flexibility index (Phi) is 3.44. The Morgan fingerprint density at radius 2 is 2.29 bits per heavy atom. The summed E-state index contributed by atoms with van der Waals surface area (Å²) in [6.07, 6.45) is 2.55. The summed E-state index contributed by atoms with van der Waals surface area (Å²) in [6, 6.07) is 1.35. The van der Waals surface area contributed by atoms with Crippen molar-refractivity contribution in [3.05, 3.63) is 24.0 Å². The summed E-state index contributed by atoms with van der Waals surface area (Å²) in [5.41, 5.74) is 0.0793. The Labute approximate surface area is 80.3 Å². The van der Waals surface area contributed by atoms with E-state index in [1.165, 1.54) is 25.6 Å². The van der Waals surface area contributed by atoms with E-state index in [0.717, 1.165) is 0 Å². The lowest BCUT2D eigenvalue weighted by Crippen LogP contribution is -2.22. The molecule has 0 atom stereocenters. The maximum absolute atomic E-state index is 11.1. The second-order valence-corrected chi connectivity index (χ2v) is 2.31. The maximum atomic E-state index is 11.1. The highest BCUT2D eigenvalue weighted by Gasteiger charge is 2.18. The summed E-state index contributed by atoms with van der Waals surface area (Å²) in [5, 5.41) is 17.1. The molecule has 74 valence electrons. The molecule has 0 aliphatic carbocycles. The van der Waals surface area contributed by atoms with Crippen molar-refractivity contribution in [3.8, 4) is 5.75 Å². The fourth-order valence-electron chi connectivity index (χ4n) is 0.866. The second-order valence-electron chi connectivity index (χ2n) is 2.31. The first kappa shape index (κ1) is 10.5. The monoisotopic (exact) mass is 197 g/mol. The van der Waals surface area contributed by atoms with Gasteiger partial charge in [0.1, 0.15) is 11.3 Å². The van der Waals surface area contributed by atoms with E-state index in [2.05, 4.69) is 14.4 Å². The lowest BCUT2D eigenvalue weighted by molar-refractivity contribution is 0.0598. The molecule has 0 saturated heterocycles. The minimum absolute atomic E-state index is 0.0469. The number of nitrogens with zero attached hydrogens (tertiary/aromatic N) is 1. The van der Waals surface area contributed by atoms with Crippen molar-refractivity contribution in [2.75, 3.05) is 7.11 Å². The number of carbonyl (C=O) groups is 1. The first-order chi connectivity index (χ1) is 6.65. The number of hydrogen-bond acceptors (Lipinski definition) is 6. The number of ether oxygens (including phenoxy) is 1. The van der Waals surface area contributed by atoms with Crippen LogP contribution >= 0.6 is 0 Å². The molecule has 0 amide bonds. The fourth-order valence-corrected chi connectivity index (χ4v) is 0.866. The van der Waals surface area contributed by atoms with E-state index in [4.69, 9.17) is 10.0 Å². The molecule has 7 heteroatoms. The molecule has 0 aliphatic heterocycles. The number of methoxy groups -OCH3 is 1. The minimum Gasteiger partial charge on any atom is -0.510 e. The smallest absolute Gasteiger partial charge is 0.510 e. The van der Waals surface area contributed by atoms with Gasteiger partial charge in [-0.05, 0) is 6.07 Å². The molecular weight excluding hydrogens is 189 g/mol. The zero-order valence-corrected chi connectivity index (χ0v) is 7.38. The summed E-state index contributed by atoms with van der Waals surface area (Å²) in [5.74, 6) is -0.683. The van der Waals surface area contributed by atoms with Crippen molar-refractivity contribution in [1.82, 2.24) is 4.98 Å². The van der Waals surface area contributed by atoms with Crippen molar-refractivity contribution in [2.24, 2.45) is 0 Å². The fraction of sp³-hybridized carbons (Fsp3) is 0.143. The summed E-state index contributed by atoms with van der Waals surface area (Å²) in [6.45, 7) is 0. The average Bonchev–Trinajstić information content (AvgIpc) is 2.16. The largest absolute Gasteiger partial charge is 0.707 e. The highest BCUT2D eigenvalue weighted by atomic mass is 16.6. The van der Waals surface area contributed by atoms with Crippen LogP contribution in [0, 0.1) is 0 Å². The Morgan fingerprint density at radius 1 is 1.57 bits per heavy atom. The number of aromatic nitrogens is 1. The van der Waals surface area contributed by atoms with Crippen LogP contribution in [-0.2, 0) is 4.74 Å². The van der Waals surface area contributed by atoms with Crippen molar-refractivity contribution >= 4 is 13.3 Å². The molecule has 1 aromatic heterocycles. The standard InChI is InChI=1S/C7H8BNO5/c1-13-7(10)5-2-3-9-4-6(5)14-8(11)12/h2-4,11-12H,1H3. The highest BCUT2D eigenvalue weighted by Crippen LogP contribution is 2.17. The zero-order chi connectivity index (χ0) is 10.6. The van der Waals surface area contributed by atoms with Gasteiger partial charge in [0.05, 0.1) is 13.3 Å². The van der Waals surface area contributed by atoms with Gasteiger partial charge in [0.2, 0.25) is 0 Å². The third-order valence-corrected chi connectivity index (χ3v) is 1.42. The summed E-state index contributed by atoms with van der Waals surface area (Å²) >= 11 is 0. The van der Waals surface area contributed by atoms with Gasteiger partial charge >= 0.3 is 13.3 Å². The van der Waals surface area contributed by atoms with Crippen LogP contribution in [0.25, 0.3) is 0 Å². The van der Waals surface area contributed by atoms with E-state index in [0.29, 0.717) is 0 Å². The van der Waals surface area contributed by atoms with Gasteiger partial charge in [-0.15, -0.1) is 0 Å². The molecule has 0 bridgehead atoms. The van der Waals surface area contributed by atoms with Crippen LogP contribution in [-0.4, -0.2) is 35.4 Å². The molecule has 0 aliphatic rings. The van der Waals surface area contributed by atoms with Crippen molar-refractivity contribution < 1.29 is 24.2 Å². The third-order valence-electron chi connectivity index (χ3n) is 1.42. The third kappa shape index (κ3) is 2.44. The molecular formula is C7H8BNO5. The molecule has 14 heavy (non-hydrogen) atoms. The average molecular weight is 197 g/mol. The molecule has 0 unspecified atom stereocenters. The number of rotatable bonds is 3. The van der Waals surface area contributed by atoms with Gasteiger partial charge in [0, 0.05) is 6.20 Å². The van der Waals surface area contributed by atoms with Crippen LogP contribution in [0.4, 0.5) is 0 Å². The second kappa shape index (κ2) is 4.59. The van der Waals surface area contributed by atoms with Crippen molar-refractivity contribution in [1.29, 1.82) is 0 Å². The predicted molar refractivity (Wildman–Crippen MR) is 46.4 cm³/mol. The molecule has 0 aromatic carbocycles. The van der Waals surface area contributed by atoms with Crippen molar-refractivity contribution in [3.63, 3.8) is 0 Å². The number of carbonyl (C=O) groups excluding carboxylic acids is 1. The molecule has 6 nitrogen and oxygen atoms in total. The predicted octanol–water partition coefficient (Wildman–Crippen LogP) is -0.784. The molecule has 0 saturated carbocycles. The quantitative estimate of drug-likeness (QED) is 0.487. The van der Waals surface area contributed by atoms with E-state index < -0.39 is 13.3 Å². The van der Waals surface area contributed by atoms with Gasteiger partial charge in [-0.1, -0.05) is 0 Å². The van der Waals surface area contributed by atoms with Crippen LogP contribution in [0.2, 0.25) is 0 Å². The SMILES string of the molecule is COC(=O)c1ccncc1OB(O)O. The molecule has 0 fully saturated rings. The Morgan fingerprint density at radius 3 is 2.86 bits per heavy atom. The summed E-state index contributed by atoms with van der Waals surface area (Å²) in [4.78, 5) is 14.8. The lowest BCUT2D eigenvalue weighted by Gasteiger charge is -2.07. The number of hydrogen-bond donors (Lipinski definition) is 2. The zero-order valence-electron chi connectivity index (χ0n) is 7.38. The van der Waals surface area contributed by atoms with E-state index in [9.17, 15) is 4.79 Å². The maximum Gasteiger partial charge on any atom is 0.707 e. The van der Waals surface area contributed by atoms with E-state index in [1.54, 1.807) is 0 Å². The first-order valence-electron chi connectivity index (χ1n) is 3.70. The molecule has 2 N–H and O–H groups in total. The first-order valence-corrected chi connectivity index (χ1v) is 3.70. The number of pyridine rings is 1. The topological polar surface area (TPSA) is 88.9 Å². The van der Waals surface area contributed by atoms with Gasteiger partial charge in [0.15, 0.2) is 0 Å². The minimum atomic E-state index is -2.00. The molecule has 1 rings (SSSR count).